The molecule has 6 heteroatoms. The van der Waals surface area contributed by atoms with Gasteiger partial charge in [0.2, 0.25) is 5.95 Å². The number of aromatic nitrogens is 2. The van der Waals surface area contributed by atoms with E-state index in [1.54, 1.807) is 0 Å². The van der Waals surface area contributed by atoms with Crippen LogP contribution >= 0.6 is 11.6 Å². The van der Waals surface area contributed by atoms with Crippen LogP contribution in [-0.4, -0.2) is 23.6 Å². The number of halogens is 1. The molecule has 3 N–H and O–H groups in total. The Labute approximate surface area is 130 Å². The molecular formula is C15H20ClN5. The number of nitrogens with one attached hydrogen (secondary N) is 1. The van der Waals surface area contributed by atoms with E-state index in [4.69, 9.17) is 17.3 Å². The molecule has 112 valence electrons. The van der Waals surface area contributed by atoms with Gasteiger partial charge in [0.25, 0.3) is 0 Å². The Kier molecular flexibility index (Phi) is 5.22. The van der Waals surface area contributed by atoms with Gasteiger partial charge in [0.1, 0.15) is 11.6 Å². The zero-order valence-electron chi connectivity index (χ0n) is 12.3. The lowest BCUT2D eigenvalue weighted by Crippen LogP contribution is -2.19. The first kappa shape index (κ1) is 15.4. The lowest BCUT2D eigenvalue weighted by Gasteiger charge is -2.20. The maximum atomic E-state index is 6.19. The fourth-order valence-corrected chi connectivity index (χ4v) is 2.15. The summed E-state index contributed by atoms with van der Waals surface area (Å²) in [5, 5.41) is 3.97. The molecule has 0 spiro atoms. The number of benzene rings is 1. The van der Waals surface area contributed by atoms with Crippen molar-refractivity contribution in [2.24, 2.45) is 0 Å². The van der Waals surface area contributed by atoms with E-state index < -0.39 is 0 Å². The van der Waals surface area contributed by atoms with Crippen molar-refractivity contribution < 1.29 is 0 Å². The molecule has 21 heavy (non-hydrogen) atoms. The molecule has 0 fully saturated rings. The highest BCUT2D eigenvalue weighted by atomic mass is 35.5. The van der Waals surface area contributed by atoms with E-state index in [2.05, 4.69) is 22.2 Å². The van der Waals surface area contributed by atoms with Crippen molar-refractivity contribution in [3.63, 3.8) is 0 Å². The summed E-state index contributed by atoms with van der Waals surface area (Å²) in [6.45, 7) is 3.61. The average molecular weight is 306 g/mol. The van der Waals surface area contributed by atoms with Crippen LogP contribution in [0.1, 0.15) is 18.9 Å². The molecule has 0 aliphatic carbocycles. The minimum atomic E-state index is 0.261. The summed E-state index contributed by atoms with van der Waals surface area (Å²) in [6, 6.07) is 9.66. The third-order valence-electron chi connectivity index (χ3n) is 3.04. The predicted molar refractivity (Wildman–Crippen MR) is 88.8 cm³/mol. The van der Waals surface area contributed by atoms with Crippen LogP contribution in [0.25, 0.3) is 0 Å². The largest absolute Gasteiger partial charge is 0.370 e. The van der Waals surface area contributed by atoms with Crippen LogP contribution in [0.4, 0.5) is 17.6 Å². The van der Waals surface area contributed by atoms with Gasteiger partial charge in [-0.25, -0.2) is 0 Å². The molecule has 0 atom stereocenters. The Balaban J connectivity index is 2.16. The average Bonchev–Trinajstić information content (AvgIpc) is 2.47. The van der Waals surface area contributed by atoms with Gasteiger partial charge < -0.3 is 16.0 Å². The third-order valence-corrected chi connectivity index (χ3v) is 3.41. The SMILES string of the molecule is CCCNc1cc(N(C)Cc2ccccc2Cl)nc(N)n1. The van der Waals surface area contributed by atoms with Crippen molar-refractivity contribution in [1.29, 1.82) is 0 Å². The van der Waals surface area contributed by atoms with Gasteiger partial charge in [0.05, 0.1) is 0 Å². The maximum Gasteiger partial charge on any atom is 0.223 e. The van der Waals surface area contributed by atoms with Crippen LogP contribution < -0.4 is 16.0 Å². The van der Waals surface area contributed by atoms with Crippen molar-refractivity contribution in [2.75, 3.05) is 29.5 Å². The molecule has 0 aliphatic heterocycles. The first-order valence-electron chi connectivity index (χ1n) is 6.93. The van der Waals surface area contributed by atoms with E-state index in [1.165, 1.54) is 0 Å². The quantitative estimate of drug-likeness (QED) is 0.858. The molecule has 0 amide bonds. The van der Waals surface area contributed by atoms with E-state index in [-0.39, 0.29) is 5.95 Å². The fraction of sp³-hybridized carbons (Fsp3) is 0.333. The molecule has 0 unspecified atom stereocenters. The number of nitrogen functional groups attached to an aromatic ring is 1. The van der Waals surface area contributed by atoms with Crippen LogP contribution in [0.2, 0.25) is 5.02 Å². The van der Waals surface area contributed by atoms with Gasteiger partial charge in [-0.3, -0.25) is 0 Å². The molecule has 1 heterocycles. The summed E-state index contributed by atoms with van der Waals surface area (Å²) in [5.74, 6) is 1.77. The van der Waals surface area contributed by atoms with Crippen LogP contribution in [0.5, 0.6) is 0 Å². The van der Waals surface area contributed by atoms with E-state index in [0.29, 0.717) is 6.54 Å². The van der Waals surface area contributed by atoms with Gasteiger partial charge in [-0.2, -0.15) is 9.97 Å². The highest BCUT2D eigenvalue weighted by molar-refractivity contribution is 6.31. The number of hydrogen-bond acceptors (Lipinski definition) is 5. The van der Waals surface area contributed by atoms with Crippen LogP contribution in [0.15, 0.2) is 30.3 Å². The van der Waals surface area contributed by atoms with Gasteiger partial charge >= 0.3 is 0 Å². The van der Waals surface area contributed by atoms with Crippen molar-refractivity contribution >= 4 is 29.2 Å². The lowest BCUT2D eigenvalue weighted by molar-refractivity contribution is 0.891. The number of hydrogen-bond donors (Lipinski definition) is 2. The topological polar surface area (TPSA) is 67.1 Å². The first-order valence-corrected chi connectivity index (χ1v) is 7.31. The van der Waals surface area contributed by atoms with Gasteiger partial charge in [0, 0.05) is 31.2 Å². The molecule has 0 saturated carbocycles. The summed E-state index contributed by atoms with van der Waals surface area (Å²) in [6.07, 6.45) is 1.02. The van der Waals surface area contributed by atoms with E-state index >= 15 is 0 Å². The maximum absolute atomic E-state index is 6.19. The van der Waals surface area contributed by atoms with Crippen LogP contribution in [0.3, 0.4) is 0 Å². The summed E-state index contributed by atoms with van der Waals surface area (Å²) in [5.41, 5.74) is 6.82. The van der Waals surface area contributed by atoms with E-state index in [0.717, 1.165) is 35.2 Å². The molecule has 2 rings (SSSR count). The minimum absolute atomic E-state index is 0.261. The Bertz CT molecular complexity index is 602. The Hall–Kier alpha value is -2.01. The zero-order valence-corrected chi connectivity index (χ0v) is 13.1. The molecule has 0 saturated heterocycles. The van der Waals surface area contributed by atoms with Crippen LogP contribution in [-0.2, 0) is 6.54 Å². The minimum Gasteiger partial charge on any atom is -0.370 e. The monoisotopic (exact) mass is 305 g/mol. The van der Waals surface area contributed by atoms with Gasteiger partial charge in [-0.15, -0.1) is 0 Å². The van der Waals surface area contributed by atoms with Crippen molar-refractivity contribution in [2.45, 2.75) is 19.9 Å². The highest BCUT2D eigenvalue weighted by Gasteiger charge is 2.09. The molecule has 1 aromatic carbocycles. The van der Waals surface area contributed by atoms with Crippen molar-refractivity contribution in [1.82, 2.24) is 9.97 Å². The first-order chi connectivity index (χ1) is 10.1. The standard InChI is InChI=1S/C15H20ClN5/c1-3-8-18-13-9-14(20-15(17)19-13)21(2)10-11-6-4-5-7-12(11)16/h4-7,9H,3,8,10H2,1-2H3,(H3,17,18,19,20). The van der Waals surface area contributed by atoms with E-state index in [1.807, 2.05) is 42.3 Å². The number of nitrogens with zero attached hydrogens (tertiary/aromatic N) is 3. The summed E-state index contributed by atoms with van der Waals surface area (Å²) in [4.78, 5) is 10.5. The van der Waals surface area contributed by atoms with Crippen molar-refractivity contribution in [3.05, 3.63) is 40.9 Å². The van der Waals surface area contributed by atoms with Crippen LogP contribution in [0, 0.1) is 0 Å². The molecular weight excluding hydrogens is 286 g/mol. The zero-order chi connectivity index (χ0) is 15.2. The second kappa shape index (κ2) is 7.13. The Morgan fingerprint density at radius 1 is 1.29 bits per heavy atom. The lowest BCUT2D eigenvalue weighted by atomic mass is 10.2. The molecule has 0 aliphatic rings. The summed E-state index contributed by atoms with van der Waals surface area (Å²) >= 11 is 6.19. The molecule has 0 radical (unpaired) electrons. The van der Waals surface area contributed by atoms with Gasteiger partial charge in [0.15, 0.2) is 0 Å². The Morgan fingerprint density at radius 2 is 2.05 bits per heavy atom. The third kappa shape index (κ3) is 4.23. The number of rotatable bonds is 6. The highest BCUT2D eigenvalue weighted by Crippen LogP contribution is 2.21. The predicted octanol–water partition coefficient (Wildman–Crippen LogP) is 3.17. The second-order valence-electron chi connectivity index (χ2n) is 4.84. The summed E-state index contributed by atoms with van der Waals surface area (Å²) in [7, 11) is 1.95. The normalized spacial score (nSPS) is 10.4. The van der Waals surface area contributed by atoms with E-state index in [9.17, 15) is 0 Å². The van der Waals surface area contributed by atoms with Gasteiger partial charge in [-0.05, 0) is 18.1 Å². The number of anilines is 3. The summed E-state index contributed by atoms with van der Waals surface area (Å²) < 4.78 is 0. The molecule has 1 aromatic heterocycles. The molecule has 0 bridgehead atoms. The smallest absolute Gasteiger partial charge is 0.223 e. The number of nitrogens with two attached hydrogens (primary N) is 1. The van der Waals surface area contributed by atoms with Crippen molar-refractivity contribution in [3.8, 4) is 0 Å². The Morgan fingerprint density at radius 3 is 2.76 bits per heavy atom. The molecule has 5 nitrogen and oxygen atoms in total. The fourth-order valence-electron chi connectivity index (χ4n) is 1.95. The molecule has 2 aromatic rings. The second-order valence-corrected chi connectivity index (χ2v) is 5.25. The van der Waals surface area contributed by atoms with Gasteiger partial charge in [-0.1, -0.05) is 36.7 Å².